The number of benzene rings is 2. The first-order valence-electron chi connectivity index (χ1n) is 9.29. The number of fused-ring (bicyclic) bond motifs is 3. The number of para-hydroxylation sites is 1. The van der Waals surface area contributed by atoms with E-state index in [0.29, 0.717) is 11.1 Å². The van der Waals surface area contributed by atoms with Crippen LogP contribution in [0.1, 0.15) is 33.6 Å². The van der Waals surface area contributed by atoms with Gasteiger partial charge in [0.1, 0.15) is 17.9 Å². The van der Waals surface area contributed by atoms with Crippen molar-refractivity contribution >= 4 is 27.8 Å². The number of aryl methyl sites for hydroxylation is 2. The second kappa shape index (κ2) is 6.60. The third-order valence-electron chi connectivity index (χ3n) is 5.21. The maximum absolute atomic E-state index is 12.5. The summed E-state index contributed by atoms with van der Waals surface area (Å²) < 4.78 is 10.8. The van der Waals surface area contributed by atoms with E-state index in [0.717, 1.165) is 35.6 Å². The lowest BCUT2D eigenvalue weighted by atomic mass is 10.0. The van der Waals surface area contributed by atoms with E-state index >= 15 is 0 Å². The Labute approximate surface area is 160 Å². The van der Waals surface area contributed by atoms with Gasteiger partial charge in [0.05, 0.1) is 5.52 Å². The van der Waals surface area contributed by atoms with E-state index in [2.05, 4.69) is 11.1 Å². The zero-order valence-corrected chi connectivity index (χ0v) is 15.1. The first kappa shape index (κ1) is 16.7. The molecule has 0 amide bonds. The Morgan fingerprint density at radius 2 is 1.86 bits per heavy atom. The van der Waals surface area contributed by atoms with Gasteiger partial charge in [0.25, 0.3) is 0 Å². The molecule has 5 rings (SSSR count). The van der Waals surface area contributed by atoms with E-state index in [4.69, 9.17) is 9.15 Å². The molecule has 2 aromatic carbocycles. The van der Waals surface area contributed by atoms with Crippen molar-refractivity contribution in [1.82, 2.24) is 4.98 Å². The fourth-order valence-corrected chi connectivity index (χ4v) is 3.81. The molecule has 0 spiro atoms. The SMILES string of the molecule is O=C(OCc1cc(=O)oc2cc3c(cc12)CCC3)c1ccc2ccccc2n1. The minimum atomic E-state index is -0.520. The average Bonchev–Trinajstić information content (AvgIpc) is 3.17. The fraction of sp³-hybridized carbons (Fsp3) is 0.174. The van der Waals surface area contributed by atoms with Crippen LogP contribution in [-0.2, 0) is 24.2 Å². The lowest BCUT2D eigenvalue weighted by Gasteiger charge is -2.09. The zero-order chi connectivity index (χ0) is 19.1. The molecule has 0 aliphatic heterocycles. The standard InChI is InChI=1S/C23H17NO4/c25-22-12-17(18-10-15-5-3-6-16(15)11-21(18)28-22)13-27-23(26)20-9-8-14-4-1-2-7-19(14)24-20/h1-2,4,7-12H,3,5-6,13H2. The molecular formula is C23H17NO4. The molecule has 0 unspecified atom stereocenters. The van der Waals surface area contributed by atoms with E-state index in [1.54, 1.807) is 6.07 Å². The number of hydrogen-bond acceptors (Lipinski definition) is 5. The molecule has 2 aromatic heterocycles. The maximum Gasteiger partial charge on any atom is 0.357 e. The smallest absolute Gasteiger partial charge is 0.357 e. The molecule has 0 saturated heterocycles. The molecule has 5 heteroatoms. The molecule has 0 saturated carbocycles. The van der Waals surface area contributed by atoms with E-state index < -0.39 is 11.6 Å². The normalized spacial score (nSPS) is 13.0. The second-order valence-corrected chi connectivity index (χ2v) is 7.03. The molecule has 0 fully saturated rings. The zero-order valence-electron chi connectivity index (χ0n) is 15.1. The first-order chi connectivity index (χ1) is 13.7. The van der Waals surface area contributed by atoms with Gasteiger partial charge in [0, 0.05) is 22.4 Å². The summed E-state index contributed by atoms with van der Waals surface area (Å²) in [5.74, 6) is -0.520. The Morgan fingerprint density at radius 3 is 2.75 bits per heavy atom. The van der Waals surface area contributed by atoms with Crippen molar-refractivity contribution in [1.29, 1.82) is 0 Å². The third-order valence-corrected chi connectivity index (χ3v) is 5.21. The van der Waals surface area contributed by atoms with Crippen LogP contribution in [0.2, 0.25) is 0 Å². The maximum atomic E-state index is 12.5. The predicted molar refractivity (Wildman–Crippen MR) is 105 cm³/mol. The topological polar surface area (TPSA) is 69.4 Å². The lowest BCUT2D eigenvalue weighted by Crippen LogP contribution is -2.09. The Morgan fingerprint density at radius 1 is 1.04 bits per heavy atom. The number of nitrogens with zero attached hydrogens (tertiary/aromatic N) is 1. The number of rotatable bonds is 3. The van der Waals surface area contributed by atoms with Gasteiger partial charge in [-0.1, -0.05) is 24.3 Å². The molecule has 2 heterocycles. The third kappa shape index (κ3) is 2.95. The monoisotopic (exact) mass is 371 g/mol. The summed E-state index contributed by atoms with van der Waals surface area (Å²) in [6.45, 7) is -0.00573. The number of hydrogen-bond donors (Lipinski definition) is 0. The highest BCUT2D eigenvalue weighted by Gasteiger charge is 2.17. The Kier molecular flexibility index (Phi) is 3.93. The number of carbonyl (C=O) groups is 1. The first-order valence-corrected chi connectivity index (χ1v) is 9.29. The Hall–Kier alpha value is -3.47. The molecule has 0 atom stereocenters. The van der Waals surface area contributed by atoms with E-state index in [1.807, 2.05) is 36.4 Å². The van der Waals surface area contributed by atoms with E-state index in [9.17, 15) is 9.59 Å². The lowest BCUT2D eigenvalue weighted by molar-refractivity contribution is 0.0467. The van der Waals surface area contributed by atoms with E-state index in [1.165, 1.54) is 17.2 Å². The van der Waals surface area contributed by atoms with Crippen LogP contribution < -0.4 is 5.63 Å². The van der Waals surface area contributed by atoms with Gasteiger partial charge in [-0.2, -0.15) is 0 Å². The molecule has 28 heavy (non-hydrogen) atoms. The highest BCUT2D eigenvalue weighted by atomic mass is 16.5. The van der Waals surface area contributed by atoms with Crippen molar-refractivity contribution in [2.75, 3.05) is 0 Å². The molecule has 4 aromatic rings. The number of ether oxygens (including phenoxy) is 1. The predicted octanol–water partition coefficient (Wildman–Crippen LogP) is 4.19. The number of carbonyl (C=O) groups excluding carboxylic acids is 1. The Balaban J connectivity index is 1.44. The molecule has 0 bridgehead atoms. The number of aromatic nitrogens is 1. The van der Waals surface area contributed by atoms with E-state index in [-0.39, 0.29) is 12.3 Å². The van der Waals surface area contributed by atoms with Crippen LogP contribution in [0.5, 0.6) is 0 Å². The number of esters is 1. The minimum Gasteiger partial charge on any atom is -0.456 e. The minimum absolute atomic E-state index is 0.00573. The number of pyridine rings is 1. The molecule has 5 nitrogen and oxygen atoms in total. The van der Waals surface area contributed by atoms with Crippen LogP contribution in [0.25, 0.3) is 21.9 Å². The molecule has 0 radical (unpaired) electrons. The summed E-state index contributed by atoms with van der Waals surface area (Å²) in [5, 5.41) is 1.78. The quantitative estimate of drug-likeness (QED) is 0.399. The summed E-state index contributed by atoms with van der Waals surface area (Å²) in [7, 11) is 0. The molecular weight excluding hydrogens is 354 g/mol. The summed E-state index contributed by atoms with van der Waals surface area (Å²) in [6, 6.07) is 16.5. The molecule has 138 valence electrons. The van der Waals surface area contributed by atoms with Crippen LogP contribution in [0.3, 0.4) is 0 Å². The highest BCUT2D eigenvalue weighted by Crippen LogP contribution is 2.28. The fourth-order valence-electron chi connectivity index (χ4n) is 3.81. The van der Waals surface area contributed by atoms with Crippen molar-refractivity contribution in [2.24, 2.45) is 0 Å². The molecule has 0 N–H and O–H groups in total. The average molecular weight is 371 g/mol. The van der Waals surface area contributed by atoms with Crippen LogP contribution in [0.4, 0.5) is 0 Å². The summed E-state index contributed by atoms with van der Waals surface area (Å²) in [4.78, 5) is 28.8. The van der Waals surface area contributed by atoms with Gasteiger partial charge in [0.2, 0.25) is 0 Å². The van der Waals surface area contributed by atoms with Crippen LogP contribution in [0, 0.1) is 0 Å². The van der Waals surface area contributed by atoms with Gasteiger partial charge in [-0.3, -0.25) is 0 Å². The summed E-state index contributed by atoms with van der Waals surface area (Å²) in [5.41, 5.74) is 4.22. The van der Waals surface area contributed by atoms with Crippen LogP contribution >= 0.6 is 0 Å². The van der Waals surface area contributed by atoms with Crippen molar-refractivity contribution in [3.8, 4) is 0 Å². The Bertz CT molecular complexity index is 1290. The summed E-state index contributed by atoms with van der Waals surface area (Å²) in [6.07, 6.45) is 3.13. The van der Waals surface area contributed by atoms with Gasteiger partial charge in [-0.05, 0) is 54.7 Å². The van der Waals surface area contributed by atoms with Gasteiger partial charge < -0.3 is 9.15 Å². The molecule has 1 aliphatic carbocycles. The van der Waals surface area contributed by atoms with Gasteiger partial charge in [-0.15, -0.1) is 0 Å². The van der Waals surface area contributed by atoms with Crippen molar-refractivity contribution in [2.45, 2.75) is 25.9 Å². The van der Waals surface area contributed by atoms with Crippen molar-refractivity contribution < 1.29 is 13.9 Å². The second-order valence-electron chi connectivity index (χ2n) is 7.03. The molecule has 1 aliphatic rings. The highest BCUT2D eigenvalue weighted by molar-refractivity contribution is 5.91. The van der Waals surface area contributed by atoms with Crippen molar-refractivity contribution in [3.05, 3.63) is 87.4 Å². The van der Waals surface area contributed by atoms with Crippen molar-refractivity contribution in [3.63, 3.8) is 0 Å². The van der Waals surface area contributed by atoms with Crippen LogP contribution in [-0.4, -0.2) is 11.0 Å². The van der Waals surface area contributed by atoms with Gasteiger partial charge in [-0.25, -0.2) is 14.6 Å². The largest absolute Gasteiger partial charge is 0.456 e. The van der Waals surface area contributed by atoms with Crippen LogP contribution in [0.15, 0.2) is 63.8 Å². The van der Waals surface area contributed by atoms with Gasteiger partial charge in [0.15, 0.2) is 0 Å². The summed E-state index contributed by atoms with van der Waals surface area (Å²) >= 11 is 0. The van der Waals surface area contributed by atoms with Gasteiger partial charge >= 0.3 is 11.6 Å².